The Morgan fingerprint density at radius 2 is 1.50 bits per heavy atom. The quantitative estimate of drug-likeness (QED) is 0.417. The second-order valence-corrected chi connectivity index (χ2v) is 3.65. The molecule has 0 aliphatic heterocycles. The minimum absolute atomic E-state index is 0.137. The third-order valence-corrected chi connectivity index (χ3v) is 2.17. The largest absolute Gasteiger partial charge is 0.269 e. The fourth-order valence-corrected chi connectivity index (χ4v) is 1.23. The van der Waals surface area contributed by atoms with Gasteiger partial charge < -0.3 is 0 Å². The van der Waals surface area contributed by atoms with E-state index in [0.717, 1.165) is 0 Å². The van der Waals surface area contributed by atoms with Crippen LogP contribution < -0.4 is 0 Å². The van der Waals surface area contributed by atoms with Gasteiger partial charge in [0.1, 0.15) is 0 Å². The zero-order valence-electron chi connectivity index (χ0n) is 10.2. The van der Waals surface area contributed by atoms with E-state index in [9.17, 15) is 10.1 Å². The van der Waals surface area contributed by atoms with Crippen LogP contribution in [0.15, 0.2) is 30.3 Å². The molecule has 0 aromatic heterocycles. The molecule has 1 aromatic carbocycles. The summed E-state index contributed by atoms with van der Waals surface area (Å²) in [6, 6.07) is 7.93. The SMILES string of the molecule is CCCCCCC.O=[N+]([O-])c1ccccc1. The molecule has 16 heavy (non-hydrogen) atoms. The van der Waals surface area contributed by atoms with E-state index in [4.69, 9.17) is 0 Å². The number of benzene rings is 1. The fourth-order valence-electron chi connectivity index (χ4n) is 1.23. The van der Waals surface area contributed by atoms with Crippen molar-refractivity contribution in [3.8, 4) is 0 Å². The second kappa shape index (κ2) is 10.1. The standard InChI is InChI=1S/C7H16.C6H5NO2/c1-3-5-7-6-4-2;8-7(9)6-4-2-1-3-5-6/h3-7H2,1-2H3;1-5H. The normalized spacial score (nSPS) is 9.12. The summed E-state index contributed by atoms with van der Waals surface area (Å²) < 4.78 is 0. The molecule has 3 nitrogen and oxygen atoms in total. The zero-order chi connectivity index (χ0) is 12.2. The van der Waals surface area contributed by atoms with Crippen LogP contribution in [0.2, 0.25) is 0 Å². The molecule has 0 aliphatic carbocycles. The maximum absolute atomic E-state index is 10.0. The Balaban J connectivity index is 0.000000293. The highest BCUT2D eigenvalue weighted by molar-refractivity contribution is 5.27. The molecule has 3 heteroatoms. The minimum atomic E-state index is -0.417. The van der Waals surface area contributed by atoms with Crippen LogP contribution in [0, 0.1) is 10.1 Å². The van der Waals surface area contributed by atoms with Crippen molar-refractivity contribution in [2.24, 2.45) is 0 Å². The highest BCUT2D eigenvalue weighted by Crippen LogP contribution is 2.06. The number of nitrogens with zero attached hydrogens (tertiary/aromatic N) is 1. The Bertz CT molecular complexity index is 269. The fraction of sp³-hybridized carbons (Fsp3) is 0.538. The number of unbranched alkanes of at least 4 members (excludes halogenated alkanes) is 4. The lowest BCUT2D eigenvalue weighted by Gasteiger charge is -1.90. The molecule has 90 valence electrons. The Kier molecular flexibility index (Phi) is 9.27. The van der Waals surface area contributed by atoms with Gasteiger partial charge in [-0.2, -0.15) is 0 Å². The lowest BCUT2D eigenvalue weighted by Crippen LogP contribution is -1.84. The van der Waals surface area contributed by atoms with Crippen LogP contribution in [0.3, 0.4) is 0 Å². The third-order valence-electron chi connectivity index (χ3n) is 2.17. The summed E-state index contributed by atoms with van der Waals surface area (Å²) in [5.74, 6) is 0. The molecule has 0 radical (unpaired) electrons. The van der Waals surface area contributed by atoms with Crippen LogP contribution in [0.5, 0.6) is 0 Å². The van der Waals surface area contributed by atoms with Crippen molar-refractivity contribution in [2.45, 2.75) is 46.0 Å². The highest BCUT2D eigenvalue weighted by atomic mass is 16.6. The van der Waals surface area contributed by atoms with E-state index in [1.807, 2.05) is 0 Å². The first kappa shape index (κ1) is 14.6. The van der Waals surface area contributed by atoms with E-state index < -0.39 is 4.92 Å². The zero-order valence-corrected chi connectivity index (χ0v) is 10.2. The Labute approximate surface area is 97.6 Å². The average Bonchev–Trinajstić information content (AvgIpc) is 2.32. The molecule has 0 bridgehead atoms. The number of hydrogen-bond acceptors (Lipinski definition) is 2. The van der Waals surface area contributed by atoms with E-state index in [1.165, 1.54) is 44.2 Å². The first-order chi connectivity index (χ1) is 7.72. The molecule has 0 N–H and O–H groups in total. The molecule has 0 saturated carbocycles. The predicted molar refractivity (Wildman–Crippen MR) is 67.5 cm³/mol. The number of nitro benzene ring substituents is 1. The summed E-state index contributed by atoms with van der Waals surface area (Å²) in [6.45, 7) is 4.49. The van der Waals surface area contributed by atoms with Crippen molar-refractivity contribution in [1.82, 2.24) is 0 Å². The maximum atomic E-state index is 10.0. The molecule has 1 rings (SSSR count). The van der Waals surface area contributed by atoms with Gasteiger partial charge in [-0.05, 0) is 0 Å². The Hall–Kier alpha value is -1.38. The van der Waals surface area contributed by atoms with E-state index in [2.05, 4.69) is 13.8 Å². The van der Waals surface area contributed by atoms with Gasteiger partial charge in [0.05, 0.1) is 4.92 Å². The molecular formula is C13H21NO2. The molecule has 0 saturated heterocycles. The van der Waals surface area contributed by atoms with Gasteiger partial charge in [-0.25, -0.2) is 0 Å². The van der Waals surface area contributed by atoms with E-state index in [0.29, 0.717) is 0 Å². The lowest BCUT2D eigenvalue weighted by molar-refractivity contribution is -0.384. The summed E-state index contributed by atoms with van der Waals surface area (Å²) in [6.07, 6.45) is 7.01. The number of nitro groups is 1. The molecule has 0 unspecified atom stereocenters. The molecule has 1 aromatic rings. The van der Waals surface area contributed by atoms with Gasteiger partial charge >= 0.3 is 0 Å². The van der Waals surface area contributed by atoms with Gasteiger partial charge in [-0.1, -0.05) is 64.2 Å². The Morgan fingerprint density at radius 3 is 1.81 bits per heavy atom. The number of rotatable bonds is 5. The summed E-state index contributed by atoms with van der Waals surface area (Å²) in [4.78, 5) is 9.59. The minimum Gasteiger partial charge on any atom is -0.258 e. The maximum Gasteiger partial charge on any atom is 0.269 e. The molecule has 0 spiro atoms. The van der Waals surface area contributed by atoms with Crippen molar-refractivity contribution in [2.75, 3.05) is 0 Å². The van der Waals surface area contributed by atoms with Crippen LogP contribution in [-0.2, 0) is 0 Å². The number of hydrogen-bond donors (Lipinski definition) is 0. The second-order valence-electron chi connectivity index (χ2n) is 3.65. The first-order valence-electron chi connectivity index (χ1n) is 5.91. The van der Waals surface area contributed by atoms with Crippen molar-refractivity contribution >= 4 is 5.69 Å². The lowest BCUT2D eigenvalue weighted by atomic mass is 10.2. The van der Waals surface area contributed by atoms with Gasteiger partial charge in [-0.3, -0.25) is 10.1 Å². The Morgan fingerprint density at radius 1 is 1.00 bits per heavy atom. The third kappa shape index (κ3) is 7.97. The van der Waals surface area contributed by atoms with Crippen LogP contribution in [0.25, 0.3) is 0 Å². The van der Waals surface area contributed by atoms with Crippen molar-refractivity contribution < 1.29 is 4.92 Å². The number of para-hydroxylation sites is 1. The van der Waals surface area contributed by atoms with Gasteiger partial charge in [-0.15, -0.1) is 0 Å². The first-order valence-corrected chi connectivity index (χ1v) is 5.91. The smallest absolute Gasteiger partial charge is 0.258 e. The van der Waals surface area contributed by atoms with Crippen LogP contribution in [-0.4, -0.2) is 4.92 Å². The van der Waals surface area contributed by atoms with Gasteiger partial charge in [0.2, 0.25) is 0 Å². The summed E-state index contributed by atoms with van der Waals surface area (Å²) >= 11 is 0. The van der Waals surface area contributed by atoms with Crippen LogP contribution in [0.4, 0.5) is 5.69 Å². The van der Waals surface area contributed by atoms with E-state index in [1.54, 1.807) is 18.2 Å². The summed E-state index contributed by atoms with van der Waals surface area (Å²) in [5.41, 5.74) is 0.137. The molecule has 0 amide bonds. The molecule has 0 atom stereocenters. The van der Waals surface area contributed by atoms with Crippen molar-refractivity contribution in [3.63, 3.8) is 0 Å². The molecule has 0 heterocycles. The van der Waals surface area contributed by atoms with Crippen molar-refractivity contribution in [3.05, 3.63) is 40.4 Å². The molecule has 0 aliphatic rings. The topological polar surface area (TPSA) is 43.1 Å². The van der Waals surface area contributed by atoms with Crippen LogP contribution >= 0.6 is 0 Å². The predicted octanol–water partition coefficient (Wildman–Crippen LogP) is 4.57. The van der Waals surface area contributed by atoms with E-state index >= 15 is 0 Å². The van der Waals surface area contributed by atoms with E-state index in [-0.39, 0.29) is 5.69 Å². The number of non-ortho nitro benzene ring substituents is 1. The van der Waals surface area contributed by atoms with Gasteiger partial charge in [0, 0.05) is 12.1 Å². The monoisotopic (exact) mass is 223 g/mol. The average molecular weight is 223 g/mol. The molecule has 0 fully saturated rings. The van der Waals surface area contributed by atoms with Crippen molar-refractivity contribution in [1.29, 1.82) is 0 Å². The van der Waals surface area contributed by atoms with Gasteiger partial charge in [0.25, 0.3) is 5.69 Å². The highest BCUT2D eigenvalue weighted by Gasteiger charge is 1.98. The summed E-state index contributed by atoms with van der Waals surface area (Å²) in [7, 11) is 0. The summed E-state index contributed by atoms with van der Waals surface area (Å²) in [5, 5.41) is 10.0. The molecular weight excluding hydrogens is 202 g/mol. The van der Waals surface area contributed by atoms with Gasteiger partial charge in [0.15, 0.2) is 0 Å². The van der Waals surface area contributed by atoms with Crippen LogP contribution in [0.1, 0.15) is 46.0 Å².